The Bertz CT molecular complexity index is 477. The summed E-state index contributed by atoms with van der Waals surface area (Å²) in [5, 5.41) is 0.700. The van der Waals surface area contributed by atoms with Gasteiger partial charge in [-0.25, -0.2) is 0 Å². The van der Waals surface area contributed by atoms with E-state index in [1.807, 2.05) is 37.9 Å². The molecule has 0 bridgehead atoms. The lowest BCUT2D eigenvalue weighted by atomic mass is 10.1. The summed E-state index contributed by atoms with van der Waals surface area (Å²) in [7, 11) is 1.83. The smallest absolute Gasteiger partial charge is 0.0719 e. The molecule has 0 aliphatic carbocycles. The van der Waals surface area contributed by atoms with Crippen LogP contribution in [0.2, 0.25) is 0 Å². The maximum Gasteiger partial charge on any atom is 0.0719 e. The van der Waals surface area contributed by atoms with E-state index < -0.39 is 0 Å². The van der Waals surface area contributed by atoms with E-state index in [0.717, 1.165) is 29.8 Å². The number of thioether (sulfide) groups is 1. The molecule has 1 heterocycles. The molecule has 1 aromatic rings. The van der Waals surface area contributed by atoms with Crippen LogP contribution >= 0.6 is 11.8 Å². The first-order valence-corrected chi connectivity index (χ1v) is 7.46. The number of nitrogens with zero attached hydrogens (tertiary/aromatic N) is 2. The highest BCUT2D eigenvalue weighted by molar-refractivity contribution is 8.00. The molecule has 1 unspecified atom stereocenters. The highest BCUT2D eigenvalue weighted by Crippen LogP contribution is 2.27. The van der Waals surface area contributed by atoms with Crippen molar-refractivity contribution >= 4 is 28.9 Å². The zero-order valence-electron chi connectivity index (χ0n) is 11.3. The first-order chi connectivity index (χ1) is 8.70. The van der Waals surface area contributed by atoms with Crippen LogP contribution in [0, 0.1) is 0 Å². The van der Waals surface area contributed by atoms with Crippen molar-refractivity contribution < 1.29 is 0 Å². The second-order valence-corrected chi connectivity index (χ2v) is 6.19. The first-order valence-electron chi connectivity index (χ1n) is 6.41. The number of hydrogen-bond donors (Lipinski definition) is 0. The van der Waals surface area contributed by atoms with Crippen LogP contribution in [0.5, 0.6) is 0 Å². The average Bonchev–Trinajstić information content (AvgIpc) is 2.38. The number of hydrogen-bond acceptors (Lipinski definition) is 3. The predicted molar refractivity (Wildman–Crippen MR) is 82.8 cm³/mol. The fraction of sp³-hybridized carbons (Fsp3) is 0.467. The lowest BCUT2D eigenvalue weighted by Crippen LogP contribution is -2.15. The summed E-state index contributed by atoms with van der Waals surface area (Å²) in [6.45, 7) is 4.32. The molecule has 0 amide bonds. The first kappa shape index (κ1) is 13.3. The van der Waals surface area contributed by atoms with Crippen molar-refractivity contribution in [2.24, 2.45) is 9.98 Å². The molecule has 1 aromatic carbocycles. The summed E-state index contributed by atoms with van der Waals surface area (Å²) in [5.41, 5.74) is 4.60. The molecule has 2 nitrogen and oxygen atoms in total. The Kier molecular flexibility index (Phi) is 4.59. The van der Waals surface area contributed by atoms with E-state index in [0.29, 0.717) is 5.25 Å². The Balaban J connectivity index is 2.31. The van der Waals surface area contributed by atoms with Gasteiger partial charge in [0, 0.05) is 29.3 Å². The second kappa shape index (κ2) is 6.19. The van der Waals surface area contributed by atoms with Gasteiger partial charge in [0.05, 0.1) is 5.69 Å². The Morgan fingerprint density at radius 3 is 2.83 bits per heavy atom. The third-order valence-corrected chi connectivity index (χ3v) is 4.40. The Morgan fingerprint density at radius 1 is 1.33 bits per heavy atom. The average molecular weight is 260 g/mol. The number of aliphatic imine (C=N–C) groups is 2. The van der Waals surface area contributed by atoms with E-state index >= 15 is 0 Å². The fourth-order valence-electron chi connectivity index (χ4n) is 2.14. The summed E-state index contributed by atoms with van der Waals surface area (Å²) < 4.78 is 0. The summed E-state index contributed by atoms with van der Waals surface area (Å²) in [5.74, 6) is 1.20. The van der Waals surface area contributed by atoms with Gasteiger partial charge in [-0.2, -0.15) is 11.8 Å². The van der Waals surface area contributed by atoms with E-state index in [-0.39, 0.29) is 0 Å². The van der Waals surface area contributed by atoms with Gasteiger partial charge >= 0.3 is 0 Å². The largest absolute Gasteiger partial charge is 0.293 e. The SMILES string of the molecule is CN=C(C)c1ccccc1N=C1CCSC(C)C1. The van der Waals surface area contributed by atoms with Crippen LogP contribution in [0.4, 0.5) is 5.69 Å². The molecule has 1 saturated heterocycles. The minimum Gasteiger partial charge on any atom is -0.293 e. The van der Waals surface area contributed by atoms with Crippen molar-refractivity contribution in [3.8, 4) is 0 Å². The van der Waals surface area contributed by atoms with Crippen molar-refractivity contribution in [3.63, 3.8) is 0 Å². The van der Waals surface area contributed by atoms with Crippen LogP contribution in [-0.2, 0) is 0 Å². The van der Waals surface area contributed by atoms with Crippen LogP contribution in [0.1, 0.15) is 32.3 Å². The molecule has 2 rings (SSSR count). The standard InChI is InChI=1S/C15H20N2S/c1-11-10-13(8-9-18-11)17-15-7-5-4-6-14(15)12(2)16-3/h4-7,11H,8-10H2,1-3H3. The molecular formula is C15H20N2S. The maximum atomic E-state index is 4.86. The summed E-state index contributed by atoms with van der Waals surface area (Å²) in [6.07, 6.45) is 2.23. The molecule has 1 aliphatic rings. The van der Waals surface area contributed by atoms with Crippen LogP contribution in [0.15, 0.2) is 34.3 Å². The topological polar surface area (TPSA) is 24.7 Å². The molecule has 18 heavy (non-hydrogen) atoms. The van der Waals surface area contributed by atoms with Gasteiger partial charge in [-0.15, -0.1) is 0 Å². The summed E-state index contributed by atoms with van der Waals surface area (Å²) >= 11 is 2.04. The van der Waals surface area contributed by atoms with E-state index in [4.69, 9.17) is 4.99 Å². The molecular weight excluding hydrogens is 240 g/mol. The maximum absolute atomic E-state index is 4.86. The number of benzene rings is 1. The van der Waals surface area contributed by atoms with Crippen molar-refractivity contribution in [1.82, 2.24) is 0 Å². The van der Waals surface area contributed by atoms with Crippen molar-refractivity contribution in [3.05, 3.63) is 29.8 Å². The fourth-order valence-corrected chi connectivity index (χ4v) is 3.21. The number of rotatable bonds is 2. The zero-order chi connectivity index (χ0) is 13.0. The van der Waals surface area contributed by atoms with Gasteiger partial charge < -0.3 is 0 Å². The molecule has 0 aromatic heterocycles. The molecule has 0 saturated carbocycles. The quantitative estimate of drug-likeness (QED) is 0.734. The van der Waals surface area contributed by atoms with Crippen LogP contribution < -0.4 is 0 Å². The zero-order valence-corrected chi connectivity index (χ0v) is 12.1. The molecule has 0 N–H and O–H groups in total. The normalized spacial score (nSPS) is 23.4. The molecule has 3 heteroatoms. The van der Waals surface area contributed by atoms with E-state index in [9.17, 15) is 0 Å². The Labute approximate surface area is 114 Å². The number of para-hydroxylation sites is 1. The highest BCUT2D eigenvalue weighted by Gasteiger charge is 2.15. The van der Waals surface area contributed by atoms with Crippen molar-refractivity contribution in [2.45, 2.75) is 31.9 Å². The lowest BCUT2D eigenvalue weighted by molar-refractivity contribution is 0.961. The van der Waals surface area contributed by atoms with E-state index in [2.05, 4.69) is 24.0 Å². The van der Waals surface area contributed by atoms with Gasteiger partial charge in [0.15, 0.2) is 0 Å². The van der Waals surface area contributed by atoms with Gasteiger partial charge in [-0.05, 0) is 31.6 Å². The molecule has 96 valence electrons. The van der Waals surface area contributed by atoms with E-state index in [1.165, 1.54) is 11.5 Å². The third-order valence-electron chi connectivity index (χ3n) is 3.22. The molecule has 0 radical (unpaired) electrons. The van der Waals surface area contributed by atoms with Gasteiger partial charge in [-0.1, -0.05) is 25.1 Å². The summed E-state index contributed by atoms with van der Waals surface area (Å²) in [4.78, 5) is 9.13. The molecule has 1 fully saturated rings. The molecule has 1 atom stereocenters. The minimum absolute atomic E-state index is 0.700. The monoisotopic (exact) mass is 260 g/mol. The molecule has 1 aliphatic heterocycles. The molecule has 0 spiro atoms. The predicted octanol–water partition coefficient (Wildman–Crippen LogP) is 4.11. The van der Waals surface area contributed by atoms with Crippen molar-refractivity contribution in [2.75, 3.05) is 12.8 Å². The van der Waals surface area contributed by atoms with Crippen LogP contribution in [-0.4, -0.2) is 29.5 Å². The van der Waals surface area contributed by atoms with Crippen LogP contribution in [0.25, 0.3) is 0 Å². The van der Waals surface area contributed by atoms with Crippen molar-refractivity contribution in [1.29, 1.82) is 0 Å². The second-order valence-electron chi connectivity index (χ2n) is 4.64. The van der Waals surface area contributed by atoms with Gasteiger partial charge in [0.1, 0.15) is 0 Å². The Morgan fingerprint density at radius 2 is 2.11 bits per heavy atom. The van der Waals surface area contributed by atoms with E-state index in [1.54, 1.807) is 0 Å². The summed E-state index contributed by atoms with van der Waals surface area (Å²) in [6, 6.07) is 8.28. The van der Waals surface area contributed by atoms with Crippen LogP contribution in [0.3, 0.4) is 0 Å². The Hall–Kier alpha value is -1.09. The highest BCUT2D eigenvalue weighted by atomic mass is 32.2. The van der Waals surface area contributed by atoms with Gasteiger partial charge in [0.2, 0.25) is 0 Å². The van der Waals surface area contributed by atoms with Gasteiger partial charge in [-0.3, -0.25) is 9.98 Å². The lowest BCUT2D eigenvalue weighted by Gasteiger charge is -2.19. The minimum atomic E-state index is 0.700. The van der Waals surface area contributed by atoms with Gasteiger partial charge in [0.25, 0.3) is 0 Å². The third kappa shape index (κ3) is 3.22.